The van der Waals surface area contributed by atoms with Crippen molar-refractivity contribution in [3.05, 3.63) is 76.2 Å². The highest BCUT2D eigenvalue weighted by Crippen LogP contribution is 2.35. The first-order valence-electron chi connectivity index (χ1n) is 21.1. The molecule has 15 nitrogen and oxygen atoms in total. The van der Waals surface area contributed by atoms with Gasteiger partial charge in [0, 0.05) is 82.8 Å². The lowest BCUT2D eigenvalue weighted by Crippen LogP contribution is -2.52. The van der Waals surface area contributed by atoms with E-state index in [9.17, 15) is 19.2 Å². The van der Waals surface area contributed by atoms with Crippen LogP contribution in [0.25, 0.3) is 0 Å². The summed E-state index contributed by atoms with van der Waals surface area (Å²) < 4.78 is 17.9. The molecule has 2 aliphatic carbocycles. The second-order valence-electron chi connectivity index (χ2n) is 16.6. The number of carbonyl (C=O) groups is 4. The van der Waals surface area contributed by atoms with E-state index in [-0.39, 0.29) is 42.4 Å². The average Bonchev–Trinajstić information content (AvgIpc) is 3.56. The molecule has 0 unspecified atom stereocenters. The van der Waals surface area contributed by atoms with E-state index in [1.165, 1.54) is 0 Å². The van der Waals surface area contributed by atoms with Gasteiger partial charge in [0.25, 0.3) is 11.8 Å². The van der Waals surface area contributed by atoms with Crippen molar-refractivity contribution in [2.45, 2.75) is 101 Å². The molecule has 3 aromatic rings. The maximum Gasteiger partial charge on any atom is 0.271 e. The predicted octanol–water partition coefficient (Wildman–Crippen LogP) is 4.66. The number of hydrogen-bond acceptors (Lipinski definition) is 12. The minimum atomic E-state index is -0.639. The summed E-state index contributed by atoms with van der Waals surface area (Å²) in [6, 6.07) is 12.5. The number of methoxy groups -OCH3 is 1. The molecule has 2 saturated carbocycles. The minimum Gasteiger partial charge on any atom is -0.490 e. The Balaban J connectivity index is 0.760. The number of halogens is 1. The van der Waals surface area contributed by atoms with Gasteiger partial charge in [-0.15, -0.1) is 0 Å². The first-order chi connectivity index (χ1) is 29.1. The first kappa shape index (κ1) is 41.4. The van der Waals surface area contributed by atoms with Crippen molar-refractivity contribution in [3.8, 4) is 17.6 Å². The Bertz CT molecular complexity index is 2110. The fourth-order valence-electron chi connectivity index (χ4n) is 9.08. The number of benzene rings is 2. The van der Waals surface area contributed by atoms with E-state index < -0.39 is 11.9 Å². The van der Waals surface area contributed by atoms with Crippen LogP contribution in [0.5, 0.6) is 11.5 Å². The number of piperidine rings is 2. The Kier molecular flexibility index (Phi) is 12.8. The van der Waals surface area contributed by atoms with E-state index in [0.717, 1.165) is 88.9 Å². The van der Waals surface area contributed by atoms with Gasteiger partial charge in [0.05, 0.1) is 35.7 Å². The van der Waals surface area contributed by atoms with Crippen LogP contribution in [0.15, 0.2) is 48.8 Å². The number of nitriles is 1. The monoisotopic (exact) mass is 838 g/mol. The van der Waals surface area contributed by atoms with Crippen LogP contribution in [-0.2, 0) is 20.9 Å². The second kappa shape index (κ2) is 18.5. The van der Waals surface area contributed by atoms with Crippen molar-refractivity contribution in [1.29, 1.82) is 5.26 Å². The molecule has 0 radical (unpaired) electrons. The smallest absolute Gasteiger partial charge is 0.271 e. The van der Waals surface area contributed by atoms with Crippen LogP contribution in [0.4, 0.5) is 5.82 Å². The molecule has 3 aliphatic heterocycles. The number of fused-ring (bicyclic) bond motifs is 1. The summed E-state index contributed by atoms with van der Waals surface area (Å²) in [6.07, 6.45) is 10.9. The largest absolute Gasteiger partial charge is 0.490 e. The zero-order valence-electron chi connectivity index (χ0n) is 33.8. The van der Waals surface area contributed by atoms with Crippen LogP contribution in [0, 0.1) is 17.2 Å². The van der Waals surface area contributed by atoms with Gasteiger partial charge in [0.1, 0.15) is 41.2 Å². The molecule has 4 heterocycles. The third-order valence-corrected chi connectivity index (χ3v) is 13.0. The van der Waals surface area contributed by atoms with Gasteiger partial charge in [-0.25, -0.2) is 9.97 Å². The molecule has 316 valence electrons. The van der Waals surface area contributed by atoms with Crippen LogP contribution in [0.3, 0.4) is 0 Å². The highest BCUT2D eigenvalue weighted by Gasteiger charge is 2.40. The van der Waals surface area contributed by atoms with E-state index >= 15 is 0 Å². The highest BCUT2D eigenvalue weighted by molar-refractivity contribution is 6.31. The van der Waals surface area contributed by atoms with Gasteiger partial charge >= 0.3 is 0 Å². The van der Waals surface area contributed by atoms with Gasteiger partial charge in [-0.1, -0.05) is 17.7 Å². The predicted molar refractivity (Wildman–Crippen MR) is 221 cm³/mol. The quantitative estimate of drug-likeness (QED) is 0.215. The van der Waals surface area contributed by atoms with Gasteiger partial charge in [0.2, 0.25) is 11.8 Å². The summed E-state index contributed by atoms with van der Waals surface area (Å²) >= 11 is 6.16. The summed E-state index contributed by atoms with van der Waals surface area (Å²) in [5.74, 6) is 1.45. The lowest BCUT2D eigenvalue weighted by Gasteiger charge is -2.45. The minimum absolute atomic E-state index is 0.0192. The number of hydrogen-bond donors (Lipinski definition) is 2. The summed E-state index contributed by atoms with van der Waals surface area (Å²) in [4.78, 5) is 65.9. The molecule has 8 rings (SSSR count). The normalized spacial score (nSPS) is 24.4. The number of nitrogens with zero attached hydrogens (tertiary/aromatic N) is 6. The molecule has 2 saturated heterocycles. The van der Waals surface area contributed by atoms with Gasteiger partial charge in [-0.2, -0.15) is 5.26 Å². The van der Waals surface area contributed by atoms with Gasteiger partial charge in [0.15, 0.2) is 0 Å². The maximum absolute atomic E-state index is 13.3. The Morgan fingerprint density at radius 2 is 1.72 bits per heavy atom. The second-order valence-corrected chi connectivity index (χ2v) is 17.0. The fraction of sp³-hybridized carbons (Fsp3) is 0.523. The molecule has 4 amide bonds. The highest BCUT2D eigenvalue weighted by atomic mass is 35.5. The number of ether oxygens (including phenoxy) is 3. The summed E-state index contributed by atoms with van der Waals surface area (Å²) in [5, 5.41) is 14.9. The molecule has 0 spiro atoms. The maximum atomic E-state index is 13.3. The van der Waals surface area contributed by atoms with Crippen molar-refractivity contribution in [1.82, 2.24) is 30.4 Å². The van der Waals surface area contributed by atoms with Crippen LogP contribution < -0.4 is 25.0 Å². The summed E-state index contributed by atoms with van der Waals surface area (Å²) in [5.41, 5.74) is 2.13. The van der Waals surface area contributed by atoms with E-state index in [0.29, 0.717) is 64.9 Å². The van der Waals surface area contributed by atoms with Gasteiger partial charge in [-0.05, 0) is 80.7 Å². The standard InChI is InChI=1S/C44H51ClN8O7/c1-58-17-16-52(31-18-35(19-31)60-33-7-3-29-26-53(44(57)36(29)20-33)39-10-11-41(54)50-43(39)56)25-27-12-14-51(15-13-27)40-24-47-38(23-48-40)42(55)49-30-4-8-32(9-5-30)59-34-6-2-28(22-46)37(45)21-34/h2-3,6-7,20-21,23-24,27,30-32,35,39H,4-5,8-19,25-26H2,1H3,(H,49,55)(H,50,54,56)/t30?,31?,32?,35?,39-/m1/s1. The zero-order chi connectivity index (χ0) is 41.8. The van der Waals surface area contributed by atoms with E-state index in [2.05, 4.69) is 36.5 Å². The number of amides is 4. The summed E-state index contributed by atoms with van der Waals surface area (Å²) in [7, 11) is 1.73. The third kappa shape index (κ3) is 9.51. The van der Waals surface area contributed by atoms with Crippen molar-refractivity contribution in [2.24, 2.45) is 5.92 Å². The molecule has 60 heavy (non-hydrogen) atoms. The first-order valence-corrected chi connectivity index (χ1v) is 21.4. The number of aromatic nitrogens is 2. The molecule has 4 fully saturated rings. The molecule has 2 N–H and O–H groups in total. The lowest BCUT2D eigenvalue weighted by molar-refractivity contribution is -0.136. The van der Waals surface area contributed by atoms with Crippen LogP contribution in [0.1, 0.15) is 96.2 Å². The molecular weight excluding hydrogens is 788 g/mol. The Morgan fingerprint density at radius 3 is 2.42 bits per heavy atom. The molecule has 16 heteroatoms. The Hall–Kier alpha value is -5.30. The number of nitrogens with one attached hydrogen (secondary N) is 2. The number of carbonyl (C=O) groups excluding carboxylic acids is 4. The van der Waals surface area contributed by atoms with Crippen LogP contribution >= 0.6 is 11.6 Å². The van der Waals surface area contributed by atoms with E-state index in [1.54, 1.807) is 48.7 Å². The average molecular weight is 839 g/mol. The van der Waals surface area contributed by atoms with Crippen LogP contribution in [-0.4, -0.2) is 114 Å². The molecule has 2 aromatic carbocycles. The lowest BCUT2D eigenvalue weighted by atomic mass is 9.86. The van der Waals surface area contributed by atoms with Crippen molar-refractivity contribution in [3.63, 3.8) is 0 Å². The summed E-state index contributed by atoms with van der Waals surface area (Å²) in [6.45, 7) is 4.53. The fourth-order valence-corrected chi connectivity index (χ4v) is 9.29. The van der Waals surface area contributed by atoms with E-state index in [4.69, 9.17) is 31.1 Å². The van der Waals surface area contributed by atoms with Gasteiger partial charge in [-0.3, -0.25) is 29.4 Å². The Labute approximate surface area is 354 Å². The van der Waals surface area contributed by atoms with Crippen LogP contribution in [0.2, 0.25) is 5.02 Å². The molecule has 1 aromatic heterocycles. The Morgan fingerprint density at radius 1 is 0.967 bits per heavy atom. The van der Waals surface area contributed by atoms with Gasteiger partial charge < -0.3 is 29.3 Å². The topological polar surface area (TPSA) is 179 Å². The van der Waals surface area contributed by atoms with Crippen molar-refractivity contribution in [2.75, 3.05) is 44.8 Å². The zero-order valence-corrected chi connectivity index (χ0v) is 34.6. The molecular formula is C44H51ClN8O7. The van der Waals surface area contributed by atoms with Crippen molar-refractivity contribution < 1.29 is 33.4 Å². The number of imide groups is 1. The van der Waals surface area contributed by atoms with E-state index in [1.807, 2.05) is 12.1 Å². The molecule has 1 atom stereocenters. The third-order valence-electron chi connectivity index (χ3n) is 12.6. The molecule has 0 bridgehead atoms. The SMILES string of the molecule is COCCN(CC1CCN(c2cnc(C(=O)NC3CCC(Oc4ccc(C#N)c(Cl)c4)CC3)cn2)CC1)C1CC(Oc2ccc3c(c2)C(=O)N([C@@H]2CCC(=O)NC2=O)C3)C1. The number of rotatable bonds is 14. The number of anilines is 1. The van der Waals surface area contributed by atoms with Crippen molar-refractivity contribution >= 4 is 41.0 Å². The molecule has 5 aliphatic rings.